The summed E-state index contributed by atoms with van der Waals surface area (Å²) in [5.41, 5.74) is 3.32. The summed E-state index contributed by atoms with van der Waals surface area (Å²) in [4.78, 5) is 17.4. The Labute approximate surface area is 136 Å². The van der Waals surface area contributed by atoms with Crippen LogP contribution in [0.1, 0.15) is 21.6 Å². The van der Waals surface area contributed by atoms with Gasteiger partial charge in [0.2, 0.25) is 0 Å². The summed E-state index contributed by atoms with van der Waals surface area (Å²) < 4.78 is 4.51. The molecule has 2 heterocycles. The number of halogens is 1. The van der Waals surface area contributed by atoms with Crippen LogP contribution in [0.5, 0.6) is 0 Å². The second-order valence-electron chi connectivity index (χ2n) is 5.18. The van der Waals surface area contributed by atoms with E-state index in [1.54, 1.807) is 17.9 Å². The molecule has 0 saturated carbocycles. The first-order valence-electron chi connectivity index (χ1n) is 6.72. The van der Waals surface area contributed by atoms with Crippen LogP contribution in [-0.4, -0.2) is 20.3 Å². The van der Waals surface area contributed by atoms with Crippen LogP contribution in [0.25, 0.3) is 10.2 Å². The standard InChI is InChI=1S/C15H15ClN4OS/c1-8-7-17-20(4)12(8)14(21)18-15-19(3)13-9(2)10(16)5-6-11(13)22-15/h5-7H,1-4H3. The summed E-state index contributed by atoms with van der Waals surface area (Å²) in [5.74, 6) is -0.289. The largest absolute Gasteiger partial charge is 0.319 e. The third-order valence-corrected chi connectivity index (χ3v) is 5.18. The van der Waals surface area contributed by atoms with Crippen LogP contribution >= 0.6 is 22.9 Å². The summed E-state index contributed by atoms with van der Waals surface area (Å²) in [6, 6.07) is 3.82. The number of hydrogen-bond donors (Lipinski definition) is 0. The van der Waals surface area contributed by atoms with Crippen molar-refractivity contribution in [2.75, 3.05) is 0 Å². The van der Waals surface area contributed by atoms with Crippen LogP contribution in [0.15, 0.2) is 23.3 Å². The Morgan fingerprint density at radius 2 is 2.05 bits per heavy atom. The Morgan fingerprint density at radius 3 is 2.68 bits per heavy atom. The SMILES string of the molecule is Cc1cnn(C)c1C(=O)N=c1sc2ccc(Cl)c(C)c2n1C. The Balaban J connectivity index is 2.21. The van der Waals surface area contributed by atoms with Crippen molar-refractivity contribution in [1.82, 2.24) is 14.3 Å². The van der Waals surface area contributed by atoms with Crippen molar-refractivity contribution in [2.24, 2.45) is 19.1 Å². The first-order chi connectivity index (χ1) is 10.4. The van der Waals surface area contributed by atoms with E-state index in [0.29, 0.717) is 15.5 Å². The highest BCUT2D eigenvalue weighted by molar-refractivity contribution is 7.16. The van der Waals surface area contributed by atoms with Crippen LogP contribution in [0.2, 0.25) is 5.02 Å². The third kappa shape index (κ3) is 2.28. The molecule has 0 aliphatic carbocycles. The maximum Gasteiger partial charge on any atom is 0.298 e. The van der Waals surface area contributed by atoms with Gasteiger partial charge in [-0.05, 0) is 31.5 Å². The number of aromatic nitrogens is 3. The molecule has 3 rings (SSSR count). The van der Waals surface area contributed by atoms with Crippen LogP contribution in [0, 0.1) is 13.8 Å². The summed E-state index contributed by atoms with van der Waals surface area (Å²) in [6.45, 7) is 3.82. The second kappa shape index (κ2) is 5.37. The van der Waals surface area contributed by atoms with Crippen molar-refractivity contribution < 1.29 is 4.79 Å². The lowest BCUT2D eigenvalue weighted by atomic mass is 10.2. The fraction of sp³-hybridized carbons (Fsp3) is 0.267. The van der Waals surface area contributed by atoms with Crippen molar-refractivity contribution in [2.45, 2.75) is 13.8 Å². The highest BCUT2D eigenvalue weighted by atomic mass is 35.5. The Bertz CT molecular complexity index is 944. The van der Waals surface area contributed by atoms with Crippen LogP contribution in [0.3, 0.4) is 0 Å². The third-order valence-electron chi connectivity index (χ3n) is 3.67. The topological polar surface area (TPSA) is 52.2 Å². The molecule has 1 aromatic carbocycles. The van der Waals surface area contributed by atoms with E-state index in [9.17, 15) is 4.79 Å². The molecule has 22 heavy (non-hydrogen) atoms. The average molecular weight is 335 g/mol. The maximum atomic E-state index is 12.4. The predicted molar refractivity (Wildman–Crippen MR) is 88.4 cm³/mol. The van der Waals surface area contributed by atoms with Gasteiger partial charge in [0.1, 0.15) is 5.69 Å². The van der Waals surface area contributed by atoms with E-state index >= 15 is 0 Å². The molecular weight excluding hydrogens is 320 g/mol. The van der Waals surface area contributed by atoms with Gasteiger partial charge in [0.25, 0.3) is 5.91 Å². The molecule has 0 saturated heterocycles. The minimum Gasteiger partial charge on any atom is -0.319 e. The molecule has 0 atom stereocenters. The zero-order valence-corrected chi connectivity index (χ0v) is 14.3. The lowest BCUT2D eigenvalue weighted by Crippen LogP contribution is -2.15. The maximum absolute atomic E-state index is 12.4. The smallest absolute Gasteiger partial charge is 0.298 e. The monoisotopic (exact) mass is 334 g/mol. The molecule has 0 bridgehead atoms. The van der Waals surface area contributed by atoms with Gasteiger partial charge < -0.3 is 4.57 Å². The number of rotatable bonds is 1. The Hall–Kier alpha value is -1.92. The fourth-order valence-electron chi connectivity index (χ4n) is 2.50. The number of nitrogens with zero attached hydrogens (tertiary/aromatic N) is 4. The summed E-state index contributed by atoms with van der Waals surface area (Å²) in [6.07, 6.45) is 1.66. The molecule has 7 heteroatoms. The first-order valence-corrected chi connectivity index (χ1v) is 7.92. The van der Waals surface area contributed by atoms with Crippen LogP contribution < -0.4 is 4.80 Å². The van der Waals surface area contributed by atoms with E-state index in [2.05, 4.69) is 10.1 Å². The first kappa shape index (κ1) is 15.0. The number of fused-ring (bicyclic) bond motifs is 1. The normalized spacial score (nSPS) is 12.3. The number of benzene rings is 1. The van der Waals surface area contributed by atoms with Gasteiger partial charge in [-0.15, -0.1) is 0 Å². The van der Waals surface area contributed by atoms with Gasteiger partial charge in [-0.1, -0.05) is 22.9 Å². The van der Waals surface area contributed by atoms with Gasteiger partial charge in [-0.3, -0.25) is 9.48 Å². The van der Waals surface area contributed by atoms with Gasteiger partial charge in [0.15, 0.2) is 4.80 Å². The van der Waals surface area contributed by atoms with E-state index in [4.69, 9.17) is 11.6 Å². The highest BCUT2D eigenvalue weighted by Gasteiger charge is 2.15. The van der Waals surface area contributed by atoms with Crippen LogP contribution in [-0.2, 0) is 14.1 Å². The van der Waals surface area contributed by atoms with Crippen molar-refractivity contribution in [3.63, 3.8) is 0 Å². The van der Waals surface area contributed by atoms with E-state index < -0.39 is 0 Å². The summed E-state index contributed by atoms with van der Waals surface area (Å²) >= 11 is 7.65. The minimum absolute atomic E-state index is 0.289. The van der Waals surface area contributed by atoms with Gasteiger partial charge in [-0.25, -0.2) is 0 Å². The van der Waals surface area contributed by atoms with Crippen molar-refractivity contribution in [1.29, 1.82) is 0 Å². The predicted octanol–water partition coefficient (Wildman–Crippen LogP) is 2.98. The zero-order valence-electron chi connectivity index (χ0n) is 12.7. The molecule has 0 N–H and O–H groups in total. The molecule has 3 aromatic rings. The number of carbonyl (C=O) groups is 1. The lowest BCUT2D eigenvalue weighted by molar-refractivity contribution is 0.0988. The van der Waals surface area contributed by atoms with Crippen molar-refractivity contribution in [3.8, 4) is 0 Å². The van der Waals surface area contributed by atoms with Crippen molar-refractivity contribution >= 4 is 39.1 Å². The minimum atomic E-state index is -0.289. The molecule has 0 aliphatic rings. The number of amides is 1. The molecule has 5 nitrogen and oxygen atoms in total. The number of aryl methyl sites for hydroxylation is 4. The highest BCUT2D eigenvalue weighted by Crippen LogP contribution is 2.26. The quantitative estimate of drug-likeness (QED) is 0.687. The molecule has 0 aliphatic heterocycles. The zero-order chi connectivity index (χ0) is 16.0. The van der Waals surface area contributed by atoms with Crippen molar-refractivity contribution in [3.05, 3.63) is 45.0 Å². The summed E-state index contributed by atoms with van der Waals surface area (Å²) in [5, 5.41) is 4.79. The molecular formula is C15H15ClN4OS. The summed E-state index contributed by atoms with van der Waals surface area (Å²) in [7, 11) is 3.63. The Kier molecular flexibility index (Phi) is 3.66. The number of carbonyl (C=O) groups excluding carboxylic acids is 1. The van der Waals surface area contributed by atoms with Crippen LogP contribution in [0.4, 0.5) is 0 Å². The molecule has 0 fully saturated rings. The molecule has 114 valence electrons. The number of hydrogen-bond acceptors (Lipinski definition) is 3. The molecule has 0 unspecified atom stereocenters. The molecule has 1 amide bonds. The van der Waals surface area contributed by atoms with E-state index in [-0.39, 0.29) is 5.91 Å². The lowest BCUT2D eigenvalue weighted by Gasteiger charge is -2.02. The molecule has 2 aromatic heterocycles. The van der Waals surface area contributed by atoms with E-state index in [1.807, 2.05) is 37.6 Å². The Morgan fingerprint density at radius 1 is 1.32 bits per heavy atom. The average Bonchev–Trinajstić information content (AvgIpc) is 2.96. The molecule has 0 spiro atoms. The fourth-order valence-corrected chi connectivity index (χ4v) is 3.73. The van der Waals surface area contributed by atoms with Gasteiger partial charge in [-0.2, -0.15) is 10.1 Å². The van der Waals surface area contributed by atoms with Gasteiger partial charge >= 0.3 is 0 Å². The van der Waals surface area contributed by atoms with Gasteiger partial charge in [0.05, 0.1) is 16.4 Å². The van der Waals surface area contributed by atoms with Gasteiger partial charge in [0, 0.05) is 24.7 Å². The van der Waals surface area contributed by atoms with E-state index in [1.165, 1.54) is 11.3 Å². The van der Waals surface area contributed by atoms with E-state index in [0.717, 1.165) is 21.3 Å². The molecule has 0 radical (unpaired) electrons. The second-order valence-corrected chi connectivity index (χ2v) is 6.60. The number of thiazole rings is 1.